The van der Waals surface area contributed by atoms with Crippen LogP contribution in [0.25, 0.3) is 6.08 Å². The molecule has 0 bridgehead atoms. The molecule has 0 radical (unpaired) electrons. The number of carbonyl (C=O) groups excluding carboxylic acids is 2. The van der Waals surface area contributed by atoms with Crippen molar-refractivity contribution in [3.8, 4) is 11.5 Å². The van der Waals surface area contributed by atoms with Gasteiger partial charge in [0.1, 0.15) is 5.57 Å². The average Bonchev–Trinajstić information content (AvgIpc) is 2.87. The summed E-state index contributed by atoms with van der Waals surface area (Å²) in [6.45, 7) is 2.54. The van der Waals surface area contributed by atoms with E-state index in [1.807, 2.05) is 43.3 Å². The van der Waals surface area contributed by atoms with Crippen molar-refractivity contribution in [2.24, 2.45) is 0 Å². The van der Waals surface area contributed by atoms with Crippen LogP contribution in [-0.2, 0) is 9.59 Å². The molecule has 178 valence electrons. The van der Waals surface area contributed by atoms with Gasteiger partial charge in [0, 0.05) is 0 Å². The Balaban J connectivity index is 1.84. The largest absolute Gasteiger partial charge is 0.493 e. The van der Waals surface area contributed by atoms with Crippen LogP contribution in [0.2, 0.25) is 0 Å². The van der Waals surface area contributed by atoms with Gasteiger partial charge in [-0.15, -0.1) is 0 Å². The van der Waals surface area contributed by atoms with Gasteiger partial charge in [-0.2, -0.15) is 0 Å². The van der Waals surface area contributed by atoms with Gasteiger partial charge in [-0.1, -0.05) is 43.3 Å². The minimum Gasteiger partial charge on any atom is -0.493 e. The molecule has 1 saturated heterocycles. The van der Waals surface area contributed by atoms with Crippen LogP contribution in [0.3, 0.4) is 0 Å². The molecule has 0 saturated carbocycles. The summed E-state index contributed by atoms with van der Waals surface area (Å²) in [5.74, 6) is 0.0566. The summed E-state index contributed by atoms with van der Waals surface area (Å²) in [4.78, 5) is 30.0. The summed E-state index contributed by atoms with van der Waals surface area (Å²) in [6.07, 6.45) is 2.39. The molecular formula is C27H23BrN2O4S. The first-order chi connectivity index (χ1) is 17.0. The summed E-state index contributed by atoms with van der Waals surface area (Å²) >= 11 is 9.17. The van der Waals surface area contributed by atoms with E-state index < -0.39 is 11.8 Å². The predicted octanol–water partition coefficient (Wildman–Crippen LogP) is 5.99. The van der Waals surface area contributed by atoms with E-state index in [1.165, 1.54) is 9.80 Å². The summed E-state index contributed by atoms with van der Waals surface area (Å²) in [7, 11) is 1.54. The van der Waals surface area contributed by atoms with Crippen LogP contribution >= 0.6 is 28.1 Å². The van der Waals surface area contributed by atoms with Crippen molar-refractivity contribution in [1.82, 2.24) is 0 Å². The zero-order valence-electron chi connectivity index (χ0n) is 19.2. The number of thiocarbonyl (C=S) groups is 1. The number of hydrogen-bond acceptors (Lipinski definition) is 5. The molecule has 35 heavy (non-hydrogen) atoms. The van der Waals surface area contributed by atoms with E-state index >= 15 is 0 Å². The molecule has 8 heteroatoms. The summed E-state index contributed by atoms with van der Waals surface area (Å²) < 4.78 is 12.0. The van der Waals surface area contributed by atoms with Gasteiger partial charge in [-0.05, 0) is 82.6 Å². The third-order valence-corrected chi connectivity index (χ3v) is 6.25. The second-order valence-corrected chi connectivity index (χ2v) is 8.89. The number of benzene rings is 3. The van der Waals surface area contributed by atoms with Crippen molar-refractivity contribution in [3.63, 3.8) is 0 Å². The lowest BCUT2D eigenvalue weighted by molar-refractivity contribution is -0.120. The Morgan fingerprint density at radius 2 is 1.46 bits per heavy atom. The highest BCUT2D eigenvalue weighted by Crippen LogP contribution is 2.38. The number of ether oxygens (including phenoxy) is 2. The molecule has 3 aromatic rings. The predicted molar refractivity (Wildman–Crippen MR) is 145 cm³/mol. The highest BCUT2D eigenvalue weighted by Gasteiger charge is 2.41. The van der Waals surface area contributed by atoms with Crippen LogP contribution < -0.4 is 19.3 Å². The quantitative estimate of drug-likeness (QED) is 0.205. The number of halogens is 1. The summed E-state index contributed by atoms with van der Waals surface area (Å²) in [6, 6.07) is 21.6. The molecule has 6 nitrogen and oxygen atoms in total. The lowest BCUT2D eigenvalue weighted by atomic mass is 10.0. The van der Waals surface area contributed by atoms with Crippen LogP contribution in [0.4, 0.5) is 11.4 Å². The Labute approximate surface area is 217 Å². The monoisotopic (exact) mass is 550 g/mol. The lowest BCUT2D eigenvalue weighted by Crippen LogP contribution is -2.56. The van der Waals surface area contributed by atoms with Crippen molar-refractivity contribution in [3.05, 3.63) is 88.4 Å². The molecule has 3 aromatic carbocycles. The minimum absolute atomic E-state index is 0.0255. The van der Waals surface area contributed by atoms with Gasteiger partial charge < -0.3 is 9.47 Å². The first kappa shape index (κ1) is 24.6. The third kappa shape index (κ3) is 4.99. The first-order valence-electron chi connectivity index (χ1n) is 11.0. The van der Waals surface area contributed by atoms with Gasteiger partial charge in [0.05, 0.1) is 29.6 Å². The van der Waals surface area contributed by atoms with Gasteiger partial charge in [-0.3, -0.25) is 19.4 Å². The molecule has 0 unspecified atom stereocenters. The first-order valence-corrected chi connectivity index (χ1v) is 12.2. The number of nitrogens with zero attached hydrogens (tertiary/aromatic N) is 2. The molecule has 0 aromatic heterocycles. The third-order valence-electron chi connectivity index (χ3n) is 5.29. The Kier molecular flexibility index (Phi) is 7.63. The fourth-order valence-electron chi connectivity index (χ4n) is 3.67. The Morgan fingerprint density at radius 1 is 0.914 bits per heavy atom. The van der Waals surface area contributed by atoms with Crippen LogP contribution in [-0.4, -0.2) is 30.6 Å². The molecule has 1 fully saturated rings. The van der Waals surface area contributed by atoms with Gasteiger partial charge >= 0.3 is 0 Å². The maximum absolute atomic E-state index is 13.6. The van der Waals surface area contributed by atoms with Crippen LogP contribution in [0.1, 0.15) is 18.9 Å². The van der Waals surface area contributed by atoms with Crippen LogP contribution in [0.15, 0.2) is 82.8 Å². The Bertz CT molecular complexity index is 1230. The van der Waals surface area contributed by atoms with Crippen molar-refractivity contribution in [2.75, 3.05) is 23.5 Å². The maximum Gasteiger partial charge on any atom is 0.270 e. The van der Waals surface area contributed by atoms with E-state index in [4.69, 9.17) is 21.7 Å². The second kappa shape index (κ2) is 10.8. The van der Waals surface area contributed by atoms with Gasteiger partial charge in [0.15, 0.2) is 16.6 Å². The molecule has 1 heterocycles. The van der Waals surface area contributed by atoms with Gasteiger partial charge in [0.25, 0.3) is 11.8 Å². The lowest BCUT2D eigenvalue weighted by Gasteiger charge is -2.36. The molecule has 0 N–H and O–H groups in total. The molecule has 0 spiro atoms. The number of amides is 2. The smallest absolute Gasteiger partial charge is 0.270 e. The van der Waals surface area contributed by atoms with Crippen LogP contribution in [0.5, 0.6) is 11.5 Å². The van der Waals surface area contributed by atoms with Gasteiger partial charge in [0.2, 0.25) is 0 Å². The van der Waals surface area contributed by atoms with Crippen LogP contribution in [0, 0.1) is 0 Å². The summed E-state index contributed by atoms with van der Waals surface area (Å²) in [5.41, 5.74) is 1.72. The molecule has 1 aliphatic rings. The van der Waals surface area contributed by atoms with E-state index in [9.17, 15) is 9.59 Å². The van der Waals surface area contributed by atoms with Crippen molar-refractivity contribution < 1.29 is 19.1 Å². The number of anilines is 2. The number of carbonyl (C=O) groups is 2. The SMILES string of the molecule is CCCOc1c(Br)cc(C=C2C(=O)N(c3ccccc3)C(=S)N(c3ccccc3)C2=O)cc1OC. The van der Waals surface area contributed by atoms with Gasteiger partial charge in [-0.25, -0.2) is 0 Å². The zero-order valence-corrected chi connectivity index (χ0v) is 21.6. The van der Waals surface area contributed by atoms with E-state index in [0.717, 1.165) is 6.42 Å². The molecule has 0 atom stereocenters. The summed E-state index contributed by atoms with van der Waals surface area (Å²) in [5, 5.41) is 0.0941. The fraction of sp³-hybridized carbons (Fsp3) is 0.148. The van der Waals surface area contributed by atoms with E-state index in [1.54, 1.807) is 49.6 Å². The van der Waals surface area contributed by atoms with Crippen molar-refractivity contribution in [1.29, 1.82) is 0 Å². The van der Waals surface area contributed by atoms with E-state index in [0.29, 0.717) is 39.5 Å². The molecular weight excluding hydrogens is 528 g/mol. The normalized spacial score (nSPS) is 13.8. The molecule has 0 aliphatic carbocycles. The zero-order chi connectivity index (χ0) is 24.9. The highest BCUT2D eigenvalue weighted by molar-refractivity contribution is 9.10. The maximum atomic E-state index is 13.6. The minimum atomic E-state index is -0.500. The average molecular weight is 551 g/mol. The van der Waals surface area contributed by atoms with Crippen molar-refractivity contribution >= 4 is 62.5 Å². The molecule has 1 aliphatic heterocycles. The molecule has 4 rings (SSSR count). The second-order valence-electron chi connectivity index (χ2n) is 7.68. The number of methoxy groups -OCH3 is 1. The number of para-hydroxylation sites is 2. The Hall–Kier alpha value is -3.49. The fourth-order valence-corrected chi connectivity index (χ4v) is 4.62. The van der Waals surface area contributed by atoms with Crippen molar-refractivity contribution in [2.45, 2.75) is 13.3 Å². The number of hydrogen-bond donors (Lipinski definition) is 0. The molecule has 2 amide bonds. The Morgan fingerprint density at radius 3 is 1.94 bits per heavy atom. The van der Waals surface area contributed by atoms with E-state index in [2.05, 4.69) is 15.9 Å². The number of rotatable bonds is 7. The topological polar surface area (TPSA) is 59.1 Å². The highest BCUT2D eigenvalue weighted by atomic mass is 79.9. The van der Waals surface area contributed by atoms with E-state index in [-0.39, 0.29) is 10.7 Å². The standard InChI is InChI=1S/C27H23BrN2O4S/c1-3-14-34-24-22(28)16-18(17-23(24)33-2)15-21-25(31)29(19-10-6-4-7-11-19)27(35)30(26(21)32)20-12-8-5-9-13-20/h4-13,15-17H,3,14H2,1-2H3.